The first kappa shape index (κ1) is 10.9. The summed E-state index contributed by atoms with van der Waals surface area (Å²) in [5.41, 5.74) is 0. The van der Waals surface area contributed by atoms with Gasteiger partial charge in [-0.05, 0) is 24.7 Å². The summed E-state index contributed by atoms with van der Waals surface area (Å²) >= 11 is 0. The Morgan fingerprint density at radius 3 is 1.56 bits per heavy atom. The molecule has 86 valence electrons. The molecular formula is C12H14O4. The highest BCUT2D eigenvalue weighted by atomic mass is 16.4. The minimum atomic E-state index is -0.998. The van der Waals surface area contributed by atoms with Crippen molar-refractivity contribution < 1.29 is 19.8 Å². The lowest BCUT2D eigenvalue weighted by Gasteiger charge is -2.35. The van der Waals surface area contributed by atoms with E-state index in [0.29, 0.717) is 12.8 Å². The second kappa shape index (κ2) is 4.12. The topological polar surface area (TPSA) is 74.6 Å². The Labute approximate surface area is 93.3 Å². The molecule has 0 fully saturated rings. The van der Waals surface area contributed by atoms with Gasteiger partial charge < -0.3 is 10.2 Å². The van der Waals surface area contributed by atoms with E-state index in [0.717, 1.165) is 0 Å². The van der Waals surface area contributed by atoms with Gasteiger partial charge in [-0.3, -0.25) is 9.59 Å². The number of hydrogen-bond donors (Lipinski definition) is 2. The fourth-order valence-corrected chi connectivity index (χ4v) is 2.69. The van der Waals surface area contributed by atoms with Crippen molar-refractivity contribution in [1.82, 2.24) is 0 Å². The van der Waals surface area contributed by atoms with Crippen LogP contribution in [0.25, 0.3) is 0 Å². The van der Waals surface area contributed by atoms with E-state index in [-0.39, 0.29) is 11.8 Å². The summed E-state index contributed by atoms with van der Waals surface area (Å²) in [6.07, 6.45) is 8.87. The number of fused-ring (bicyclic) bond motifs is 3. The molecule has 3 aliphatic carbocycles. The number of carbonyl (C=O) groups is 2. The summed E-state index contributed by atoms with van der Waals surface area (Å²) in [4.78, 5) is 22.4. The zero-order chi connectivity index (χ0) is 11.7. The quantitative estimate of drug-likeness (QED) is 0.695. The van der Waals surface area contributed by atoms with Crippen molar-refractivity contribution in [2.75, 3.05) is 0 Å². The van der Waals surface area contributed by atoms with Crippen molar-refractivity contribution in [2.24, 2.45) is 23.7 Å². The Kier molecular flexibility index (Phi) is 2.81. The third-order valence-corrected chi connectivity index (χ3v) is 3.47. The number of allylic oxidation sites excluding steroid dienone is 4. The van der Waals surface area contributed by atoms with E-state index in [1.165, 1.54) is 0 Å². The van der Waals surface area contributed by atoms with E-state index in [1.54, 1.807) is 0 Å². The first-order valence-electron chi connectivity index (χ1n) is 5.40. The molecule has 3 rings (SSSR count). The molecule has 0 heterocycles. The predicted molar refractivity (Wildman–Crippen MR) is 56.7 cm³/mol. The maximum absolute atomic E-state index is 11.2. The van der Waals surface area contributed by atoms with Crippen LogP contribution >= 0.6 is 0 Å². The average Bonchev–Trinajstić information content (AvgIpc) is 2.16. The van der Waals surface area contributed by atoms with Crippen molar-refractivity contribution in [2.45, 2.75) is 12.8 Å². The molecule has 4 nitrogen and oxygen atoms in total. The van der Waals surface area contributed by atoms with E-state index in [2.05, 4.69) is 0 Å². The van der Waals surface area contributed by atoms with Gasteiger partial charge in [0, 0.05) is 0 Å². The van der Waals surface area contributed by atoms with Gasteiger partial charge in [0.05, 0.1) is 11.8 Å². The molecule has 0 saturated carbocycles. The molecule has 3 aliphatic rings. The van der Waals surface area contributed by atoms with Crippen LogP contribution in [0.4, 0.5) is 0 Å². The molecule has 2 bridgehead atoms. The minimum Gasteiger partial charge on any atom is -0.481 e. The van der Waals surface area contributed by atoms with E-state index in [1.807, 2.05) is 24.3 Å². The summed E-state index contributed by atoms with van der Waals surface area (Å²) in [7, 11) is 0. The molecule has 0 spiro atoms. The first-order valence-corrected chi connectivity index (χ1v) is 5.40. The monoisotopic (exact) mass is 222 g/mol. The number of aliphatic carboxylic acids is 2. The fourth-order valence-electron chi connectivity index (χ4n) is 2.69. The van der Waals surface area contributed by atoms with Crippen LogP contribution < -0.4 is 0 Å². The standard InChI is InChI=1S/C12H14O4/c13-11(14)9-7-3-1-2-4-8(6-5-7)10(9)12(15)16/h1-2,5-10H,3-4H2,(H,13,14)(H,15,16)/b2-1-. The predicted octanol–water partition coefficient (Wildman–Crippen LogP) is 1.54. The molecular weight excluding hydrogens is 208 g/mol. The Morgan fingerprint density at radius 1 is 0.875 bits per heavy atom. The lowest BCUT2D eigenvalue weighted by Crippen LogP contribution is -2.41. The molecule has 0 aliphatic heterocycles. The first-order chi connectivity index (χ1) is 7.61. The Morgan fingerprint density at radius 2 is 1.25 bits per heavy atom. The van der Waals surface area contributed by atoms with Gasteiger partial charge in [0.25, 0.3) is 0 Å². The minimum absolute atomic E-state index is 0.189. The third kappa shape index (κ3) is 1.75. The summed E-state index contributed by atoms with van der Waals surface area (Å²) in [5, 5.41) is 18.4. The van der Waals surface area contributed by atoms with E-state index in [4.69, 9.17) is 0 Å². The number of carboxylic acids is 2. The molecule has 0 saturated heterocycles. The lowest BCUT2D eigenvalue weighted by atomic mass is 9.67. The van der Waals surface area contributed by atoms with Crippen LogP contribution in [0.3, 0.4) is 0 Å². The number of hydrogen-bond acceptors (Lipinski definition) is 2. The van der Waals surface area contributed by atoms with Crippen LogP contribution in [-0.2, 0) is 9.59 Å². The summed E-state index contributed by atoms with van der Waals surface area (Å²) in [6, 6.07) is 0. The van der Waals surface area contributed by atoms with Crippen LogP contribution in [0.2, 0.25) is 0 Å². The number of rotatable bonds is 2. The summed E-state index contributed by atoms with van der Waals surface area (Å²) in [5.74, 6) is -3.96. The van der Waals surface area contributed by atoms with Crippen molar-refractivity contribution in [3.8, 4) is 0 Å². The molecule has 4 heteroatoms. The van der Waals surface area contributed by atoms with Crippen LogP contribution in [0.15, 0.2) is 24.3 Å². The molecule has 0 radical (unpaired) electrons. The molecule has 0 aromatic rings. The number of carboxylic acid groups (broad SMARTS) is 2. The molecule has 0 amide bonds. The summed E-state index contributed by atoms with van der Waals surface area (Å²) in [6.45, 7) is 0. The molecule has 2 N–H and O–H groups in total. The zero-order valence-corrected chi connectivity index (χ0v) is 8.74. The van der Waals surface area contributed by atoms with Crippen molar-refractivity contribution in [3.05, 3.63) is 24.3 Å². The zero-order valence-electron chi connectivity index (χ0n) is 8.74. The second-order valence-corrected chi connectivity index (χ2v) is 4.38. The maximum Gasteiger partial charge on any atom is 0.308 e. The van der Waals surface area contributed by atoms with Crippen molar-refractivity contribution in [3.63, 3.8) is 0 Å². The Balaban J connectivity index is 2.40. The Bertz CT molecular complexity index is 335. The van der Waals surface area contributed by atoms with E-state index < -0.39 is 23.8 Å². The van der Waals surface area contributed by atoms with E-state index >= 15 is 0 Å². The third-order valence-electron chi connectivity index (χ3n) is 3.47. The van der Waals surface area contributed by atoms with Crippen molar-refractivity contribution in [1.29, 1.82) is 0 Å². The lowest BCUT2D eigenvalue weighted by molar-refractivity contribution is -0.157. The highest BCUT2D eigenvalue weighted by Gasteiger charge is 2.44. The molecule has 4 unspecified atom stereocenters. The average molecular weight is 222 g/mol. The summed E-state index contributed by atoms with van der Waals surface area (Å²) < 4.78 is 0. The van der Waals surface area contributed by atoms with E-state index in [9.17, 15) is 19.8 Å². The fraction of sp³-hybridized carbons (Fsp3) is 0.500. The van der Waals surface area contributed by atoms with Gasteiger partial charge in [0.1, 0.15) is 0 Å². The van der Waals surface area contributed by atoms with Crippen LogP contribution in [0.1, 0.15) is 12.8 Å². The van der Waals surface area contributed by atoms with Gasteiger partial charge >= 0.3 is 11.9 Å². The maximum atomic E-state index is 11.2. The Hall–Kier alpha value is -1.58. The van der Waals surface area contributed by atoms with Gasteiger partial charge in [-0.2, -0.15) is 0 Å². The molecule has 0 aromatic carbocycles. The smallest absolute Gasteiger partial charge is 0.308 e. The normalized spacial score (nSPS) is 38.8. The van der Waals surface area contributed by atoms with Crippen LogP contribution in [-0.4, -0.2) is 22.2 Å². The second-order valence-electron chi connectivity index (χ2n) is 4.38. The highest BCUT2D eigenvalue weighted by molar-refractivity contribution is 5.81. The van der Waals surface area contributed by atoms with Crippen LogP contribution in [0.5, 0.6) is 0 Å². The van der Waals surface area contributed by atoms with Crippen LogP contribution in [0, 0.1) is 23.7 Å². The molecule has 16 heavy (non-hydrogen) atoms. The van der Waals surface area contributed by atoms with Gasteiger partial charge in [0.15, 0.2) is 0 Å². The van der Waals surface area contributed by atoms with Gasteiger partial charge in [-0.25, -0.2) is 0 Å². The molecule has 0 aromatic heterocycles. The van der Waals surface area contributed by atoms with Gasteiger partial charge in [-0.15, -0.1) is 0 Å². The SMILES string of the molecule is O=C(O)C1C2C=CC(C/C=C\C2)C1C(=O)O. The van der Waals surface area contributed by atoms with Gasteiger partial charge in [0.2, 0.25) is 0 Å². The van der Waals surface area contributed by atoms with Gasteiger partial charge in [-0.1, -0.05) is 24.3 Å². The van der Waals surface area contributed by atoms with Crippen molar-refractivity contribution >= 4 is 11.9 Å². The largest absolute Gasteiger partial charge is 0.481 e. The highest BCUT2D eigenvalue weighted by Crippen LogP contribution is 2.40. The molecule has 4 atom stereocenters.